The Hall–Kier alpha value is -0.120. The SMILES string of the molecule is CC(C)OCCN(C)CC(C)(O)C(C)C. The number of rotatable bonds is 7. The largest absolute Gasteiger partial charge is 0.389 e. The van der Waals surface area contributed by atoms with E-state index in [2.05, 4.69) is 4.90 Å². The van der Waals surface area contributed by atoms with Crippen LogP contribution >= 0.6 is 0 Å². The fourth-order valence-electron chi connectivity index (χ4n) is 1.25. The molecule has 15 heavy (non-hydrogen) atoms. The molecule has 0 aromatic carbocycles. The molecule has 0 aliphatic rings. The zero-order valence-corrected chi connectivity index (χ0v) is 11.1. The summed E-state index contributed by atoms with van der Waals surface area (Å²) in [6.45, 7) is 12.3. The van der Waals surface area contributed by atoms with Gasteiger partial charge in [0.25, 0.3) is 0 Å². The molecule has 0 aromatic rings. The normalized spacial score (nSPS) is 16.4. The zero-order chi connectivity index (χ0) is 12.1. The molecular weight excluding hydrogens is 190 g/mol. The van der Waals surface area contributed by atoms with E-state index in [-0.39, 0.29) is 12.0 Å². The van der Waals surface area contributed by atoms with Crippen LogP contribution in [-0.4, -0.2) is 48.5 Å². The smallest absolute Gasteiger partial charge is 0.0768 e. The predicted octanol–water partition coefficient (Wildman–Crippen LogP) is 1.75. The fourth-order valence-corrected chi connectivity index (χ4v) is 1.25. The van der Waals surface area contributed by atoms with E-state index in [1.165, 1.54) is 0 Å². The molecule has 3 nitrogen and oxygen atoms in total. The number of aliphatic hydroxyl groups is 1. The van der Waals surface area contributed by atoms with E-state index >= 15 is 0 Å². The highest BCUT2D eigenvalue weighted by Crippen LogP contribution is 2.16. The average Bonchev–Trinajstić information content (AvgIpc) is 2.01. The van der Waals surface area contributed by atoms with Gasteiger partial charge in [0.15, 0.2) is 0 Å². The summed E-state index contributed by atoms with van der Waals surface area (Å²) in [5.41, 5.74) is -0.618. The van der Waals surface area contributed by atoms with Crippen molar-refractivity contribution < 1.29 is 9.84 Å². The number of hydrogen-bond donors (Lipinski definition) is 1. The summed E-state index contributed by atoms with van der Waals surface area (Å²) < 4.78 is 5.46. The topological polar surface area (TPSA) is 32.7 Å². The molecule has 0 fully saturated rings. The molecule has 0 aliphatic heterocycles. The van der Waals surface area contributed by atoms with Gasteiger partial charge in [-0.1, -0.05) is 13.8 Å². The van der Waals surface area contributed by atoms with Crippen molar-refractivity contribution in [2.24, 2.45) is 5.92 Å². The van der Waals surface area contributed by atoms with E-state index in [0.717, 1.165) is 13.2 Å². The highest BCUT2D eigenvalue weighted by molar-refractivity contribution is 4.79. The molecule has 92 valence electrons. The van der Waals surface area contributed by atoms with Crippen LogP contribution in [0.25, 0.3) is 0 Å². The van der Waals surface area contributed by atoms with Crippen LogP contribution in [0.15, 0.2) is 0 Å². The van der Waals surface area contributed by atoms with Crippen molar-refractivity contribution in [3.8, 4) is 0 Å². The summed E-state index contributed by atoms with van der Waals surface area (Å²) in [5, 5.41) is 10.1. The van der Waals surface area contributed by atoms with Gasteiger partial charge in [-0.2, -0.15) is 0 Å². The fraction of sp³-hybridized carbons (Fsp3) is 1.00. The first-order chi connectivity index (χ1) is 6.75. The van der Waals surface area contributed by atoms with E-state index < -0.39 is 5.60 Å². The van der Waals surface area contributed by atoms with E-state index in [1.54, 1.807) is 0 Å². The minimum Gasteiger partial charge on any atom is -0.389 e. The molecule has 0 amide bonds. The van der Waals surface area contributed by atoms with Gasteiger partial charge < -0.3 is 14.7 Å². The molecule has 0 radical (unpaired) electrons. The van der Waals surface area contributed by atoms with Crippen LogP contribution in [0.2, 0.25) is 0 Å². The van der Waals surface area contributed by atoms with Crippen LogP contribution < -0.4 is 0 Å². The monoisotopic (exact) mass is 217 g/mol. The van der Waals surface area contributed by atoms with Crippen LogP contribution in [0.1, 0.15) is 34.6 Å². The van der Waals surface area contributed by atoms with Gasteiger partial charge in [-0.15, -0.1) is 0 Å². The summed E-state index contributed by atoms with van der Waals surface area (Å²) >= 11 is 0. The molecule has 0 rings (SSSR count). The molecular formula is C12H27NO2. The minimum absolute atomic E-state index is 0.269. The molecule has 1 N–H and O–H groups in total. The van der Waals surface area contributed by atoms with Crippen LogP contribution in [0.3, 0.4) is 0 Å². The molecule has 0 saturated carbocycles. The summed E-state index contributed by atoms with van der Waals surface area (Å²) in [7, 11) is 2.01. The van der Waals surface area contributed by atoms with Crippen molar-refractivity contribution in [2.45, 2.75) is 46.3 Å². The number of likely N-dealkylation sites (N-methyl/N-ethyl adjacent to an activating group) is 1. The molecule has 0 aromatic heterocycles. The van der Waals surface area contributed by atoms with Gasteiger partial charge in [0.05, 0.1) is 18.3 Å². The van der Waals surface area contributed by atoms with Gasteiger partial charge in [-0.25, -0.2) is 0 Å². The van der Waals surface area contributed by atoms with Crippen LogP contribution in [0.4, 0.5) is 0 Å². The standard InChI is InChI=1S/C12H27NO2/c1-10(2)12(5,14)9-13(6)7-8-15-11(3)4/h10-11,14H,7-9H2,1-6H3. The highest BCUT2D eigenvalue weighted by atomic mass is 16.5. The van der Waals surface area contributed by atoms with Crippen LogP contribution in [0, 0.1) is 5.92 Å². The third-order valence-corrected chi connectivity index (χ3v) is 2.76. The number of nitrogens with zero attached hydrogens (tertiary/aromatic N) is 1. The second-order valence-electron chi connectivity index (χ2n) is 5.17. The second-order valence-corrected chi connectivity index (χ2v) is 5.17. The average molecular weight is 217 g/mol. The Morgan fingerprint density at radius 1 is 1.27 bits per heavy atom. The maximum atomic E-state index is 10.1. The van der Waals surface area contributed by atoms with Gasteiger partial charge in [-0.3, -0.25) is 0 Å². The molecule has 3 heteroatoms. The van der Waals surface area contributed by atoms with Crippen molar-refractivity contribution in [3.05, 3.63) is 0 Å². The van der Waals surface area contributed by atoms with Crippen LogP contribution in [-0.2, 0) is 4.74 Å². The lowest BCUT2D eigenvalue weighted by Gasteiger charge is -2.32. The number of ether oxygens (including phenoxy) is 1. The highest BCUT2D eigenvalue weighted by Gasteiger charge is 2.26. The summed E-state index contributed by atoms with van der Waals surface area (Å²) in [6, 6.07) is 0. The Labute approximate surface area is 94.4 Å². The predicted molar refractivity (Wildman–Crippen MR) is 64.0 cm³/mol. The Morgan fingerprint density at radius 2 is 1.80 bits per heavy atom. The van der Waals surface area contributed by atoms with Gasteiger partial charge in [0.2, 0.25) is 0 Å². The van der Waals surface area contributed by atoms with Gasteiger partial charge >= 0.3 is 0 Å². The second kappa shape index (κ2) is 6.46. The first kappa shape index (κ1) is 14.9. The van der Waals surface area contributed by atoms with E-state index in [0.29, 0.717) is 6.54 Å². The summed E-state index contributed by atoms with van der Waals surface area (Å²) in [4.78, 5) is 2.11. The maximum Gasteiger partial charge on any atom is 0.0768 e. The third-order valence-electron chi connectivity index (χ3n) is 2.76. The van der Waals surface area contributed by atoms with Crippen molar-refractivity contribution in [1.82, 2.24) is 4.90 Å². The lowest BCUT2D eigenvalue weighted by atomic mass is 9.92. The molecule has 1 atom stereocenters. The molecule has 0 bridgehead atoms. The van der Waals surface area contributed by atoms with Crippen molar-refractivity contribution in [1.29, 1.82) is 0 Å². The molecule has 0 aliphatic carbocycles. The molecule has 0 spiro atoms. The summed E-state index contributed by atoms with van der Waals surface area (Å²) in [6.07, 6.45) is 0.281. The third kappa shape index (κ3) is 6.88. The van der Waals surface area contributed by atoms with Gasteiger partial charge in [0.1, 0.15) is 0 Å². The molecule has 0 heterocycles. The lowest BCUT2D eigenvalue weighted by Crippen LogP contribution is -2.44. The van der Waals surface area contributed by atoms with E-state index in [9.17, 15) is 5.11 Å². The number of hydrogen-bond acceptors (Lipinski definition) is 3. The van der Waals surface area contributed by atoms with Crippen LogP contribution in [0.5, 0.6) is 0 Å². The maximum absolute atomic E-state index is 10.1. The Bertz CT molecular complexity index is 167. The van der Waals surface area contributed by atoms with Gasteiger partial charge in [-0.05, 0) is 33.7 Å². The first-order valence-electron chi connectivity index (χ1n) is 5.78. The van der Waals surface area contributed by atoms with E-state index in [1.807, 2.05) is 41.7 Å². The van der Waals surface area contributed by atoms with Crippen molar-refractivity contribution in [3.63, 3.8) is 0 Å². The van der Waals surface area contributed by atoms with E-state index in [4.69, 9.17) is 4.74 Å². The Balaban J connectivity index is 3.78. The zero-order valence-electron chi connectivity index (χ0n) is 11.1. The minimum atomic E-state index is -0.618. The summed E-state index contributed by atoms with van der Waals surface area (Å²) in [5.74, 6) is 0.269. The van der Waals surface area contributed by atoms with Gasteiger partial charge in [0, 0.05) is 13.1 Å². The molecule has 1 unspecified atom stereocenters. The lowest BCUT2D eigenvalue weighted by molar-refractivity contribution is -0.0211. The Morgan fingerprint density at radius 3 is 2.20 bits per heavy atom. The first-order valence-corrected chi connectivity index (χ1v) is 5.78. The van der Waals surface area contributed by atoms with Crippen molar-refractivity contribution >= 4 is 0 Å². The van der Waals surface area contributed by atoms with Crippen molar-refractivity contribution in [2.75, 3.05) is 26.7 Å². The Kier molecular flexibility index (Phi) is 6.41. The molecule has 0 saturated heterocycles. The quantitative estimate of drug-likeness (QED) is 0.705.